The number of hydrogen-bond donors (Lipinski definition) is 1. The molecule has 3 fully saturated rings. The molecule has 0 aromatic heterocycles. The Hall–Kier alpha value is -1.91. The fourth-order valence-corrected chi connectivity index (χ4v) is 6.54. The minimum atomic E-state index is 0.0796. The van der Waals surface area contributed by atoms with Crippen molar-refractivity contribution in [3.05, 3.63) is 52.6 Å². The van der Waals surface area contributed by atoms with E-state index >= 15 is 0 Å². The summed E-state index contributed by atoms with van der Waals surface area (Å²) in [6.45, 7) is 2.14. The van der Waals surface area contributed by atoms with E-state index in [1.54, 1.807) is 0 Å². The van der Waals surface area contributed by atoms with Crippen LogP contribution in [0.4, 0.5) is 5.69 Å². The SMILES string of the molecule is O=C1CCC2=C3C[C@@H]4N(CC[C@@]45c4ccccc4N1[C@@H]25)CC3=CCO. The van der Waals surface area contributed by atoms with E-state index in [1.165, 1.54) is 22.3 Å². The van der Waals surface area contributed by atoms with Crippen LogP contribution in [0.3, 0.4) is 0 Å². The highest BCUT2D eigenvalue weighted by molar-refractivity contribution is 6.00. The lowest BCUT2D eigenvalue weighted by Crippen LogP contribution is -2.60. The number of amides is 1. The van der Waals surface area contributed by atoms with E-state index in [0.717, 1.165) is 38.0 Å². The molecule has 1 aromatic carbocycles. The molecule has 25 heavy (non-hydrogen) atoms. The first-order chi connectivity index (χ1) is 12.3. The van der Waals surface area contributed by atoms with Crippen LogP contribution in [0.5, 0.6) is 0 Å². The first-order valence-corrected chi connectivity index (χ1v) is 9.43. The summed E-state index contributed by atoms with van der Waals surface area (Å²) in [4.78, 5) is 17.6. The van der Waals surface area contributed by atoms with Gasteiger partial charge >= 0.3 is 0 Å². The molecule has 4 heterocycles. The molecule has 4 nitrogen and oxygen atoms in total. The van der Waals surface area contributed by atoms with E-state index in [1.807, 2.05) is 6.08 Å². The summed E-state index contributed by atoms with van der Waals surface area (Å²) >= 11 is 0. The van der Waals surface area contributed by atoms with Crippen LogP contribution >= 0.6 is 0 Å². The molecule has 3 saturated heterocycles. The van der Waals surface area contributed by atoms with Gasteiger partial charge in [0, 0.05) is 30.1 Å². The number of anilines is 1. The summed E-state index contributed by atoms with van der Waals surface area (Å²) in [6, 6.07) is 9.31. The molecule has 5 aliphatic rings. The fourth-order valence-electron chi connectivity index (χ4n) is 6.54. The van der Waals surface area contributed by atoms with Gasteiger partial charge in [0.1, 0.15) is 0 Å². The fraction of sp³-hybridized carbons (Fsp3) is 0.476. The molecule has 6 rings (SSSR count). The Morgan fingerprint density at radius 2 is 2.16 bits per heavy atom. The van der Waals surface area contributed by atoms with Gasteiger partial charge in [0.15, 0.2) is 0 Å². The number of hydrogen-bond acceptors (Lipinski definition) is 3. The van der Waals surface area contributed by atoms with Crippen LogP contribution in [0.15, 0.2) is 47.1 Å². The molecule has 1 amide bonds. The normalized spacial score (nSPS) is 36.9. The van der Waals surface area contributed by atoms with Gasteiger partial charge in [-0.2, -0.15) is 0 Å². The third-order valence-corrected chi connectivity index (χ3v) is 7.35. The Bertz CT molecular complexity index is 870. The molecule has 1 N–H and O–H groups in total. The van der Waals surface area contributed by atoms with Crippen LogP contribution in [0, 0.1) is 0 Å². The Balaban J connectivity index is 1.67. The Labute approximate surface area is 147 Å². The topological polar surface area (TPSA) is 43.8 Å². The second-order valence-corrected chi connectivity index (χ2v) is 8.08. The molecule has 0 saturated carbocycles. The third-order valence-electron chi connectivity index (χ3n) is 7.35. The highest BCUT2D eigenvalue weighted by atomic mass is 16.2. The van der Waals surface area contributed by atoms with E-state index in [-0.39, 0.29) is 24.0 Å². The van der Waals surface area contributed by atoms with E-state index in [4.69, 9.17) is 0 Å². The van der Waals surface area contributed by atoms with Gasteiger partial charge in [-0.05, 0) is 54.2 Å². The van der Waals surface area contributed by atoms with Gasteiger partial charge in [0.25, 0.3) is 0 Å². The second kappa shape index (κ2) is 4.63. The molecule has 1 aliphatic carbocycles. The minimum absolute atomic E-state index is 0.0796. The van der Waals surface area contributed by atoms with Gasteiger partial charge in [-0.1, -0.05) is 24.3 Å². The maximum Gasteiger partial charge on any atom is 0.227 e. The van der Waals surface area contributed by atoms with Gasteiger partial charge in [0.2, 0.25) is 5.91 Å². The van der Waals surface area contributed by atoms with Crippen LogP contribution in [0.1, 0.15) is 31.2 Å². The first-order valence-electron chi connectivity index (χ1n) is 9.43. The molecular formula is C21H22N2O2. The van der Waals surface area contributed by atoms with Gasteiger partial charge in [-0.15, -0.1) is 0 Å². The first kappa shape index (κ1) is 14.3. The predicted octanol–water partition coefficient (Wildman–Crippen LogP) is 2.14. The lowest BCUT2D eigenvalue weighted by Gasteiger charge is -2.52. The maximum atomic E-state index is 12.9. The molecule has 128 valence electrons. The van der Waals surface area contributed by atoms with Crippen molar-refractivity contribution in [2.45, 2.75) is 43.2 Å². The van der Waals surface area contributed by atoms with Crippen molar-refractivity contribution >= 4 is 11.6 Å². The molecule has 2 bridgehead atoms. The summed E-state index contributed by atoms with van der Waals surface area (Å²) in [6.07, 6.45) is 5.70. The molecule has 3 atom stereocenters. The highest BCUT2D eigenvalue weighted by Gasteiger charge is 2.65. The van der Waals surface area contributed by atoms with Crippen molar-refractivity contribution < 1.29 is 9.90 Å². The van der Waals surface area contributed by atoms with Gasteiger partial charge in [0.05, 0.1) is 12.6 Å². The standard InChI is InChI=1S/C21H22N2O2/c24-10-7-13-12-22-9-8-21-16-3-1-2-4-17(16)23-19(25)6-5-14(20(21)23)15(13)11-18(21)22/h1-4,7,18,20,24H,5-6,8-12H2/t18-,20-,21+/m0/s1. The summed E-state index contributed by atoms with van der Waals surface area (Å²) in [5.74, 6) is 0.282. The number of para-hydroxylation sites is 1. The molecule has 0 radical (unpaired) electrons. The Kier molecular flexibility index (Phi) is 2.64. The van der Waals surface area contributed by atoms with Crippen LogP contribution in [0.25, 0.3) is 0 Å². The van der Waals surface area contributed by atoms with Gasteiger partial charge in [-0.3, -0.25) is 9.69 Å². The second-order valence-electron chi connectivity index (χ2n) is 8.08. The van der Waals surface area contributed by atoms with Crippen molar-refractivity contribution in [3.8, 4) is 0 Å². The zero-order valence-corrected chi connectivity index (χ0v) is 14.2. The molecular weight excluding hydrogens is 312 g/mol. The molecule has 1 aromatic rings. The Morgan fingerprint density at radius 1 is 1.28 bits per heavy atom. The van der Waals surface area contributed by atoms with Crippen molar-refractivity contribution in [2.24, 2.45) is 0 Å². The number of nitrogens with zero attached hydrogens (tertiary/aromatic N) is 2. The van der Waals surface area contributed by atoms with E-state index in [2.05, 4.69) is 34.1 Å². The number of carbonyl (C=O) groups is 1. The number of fused-ring (bicyclic) bond motifs is 3. The number of piperidine rings is 2. The molecule has 1 spiro atoms. The zero-order chi connectivity index (χ0) is 16.8. The third kappa shape index (κ3) is 1.50. The molecule has 4 aliphatic heterocycles. The zero-order valence-electron chi connectivity index (χ0n) is 14.2. The predicted molar refractivity (Wildman–Crippen MR) is 95.4 cm³/mol. The van der Waals surface area contributed by atoms with E-state index < -0.39 is 0 Å². The van der Waals surface area contributed by atoms with Crippen LogP contribution in [0.2, 0.25) is 0 Å². The highest BCUT2D eigenvalue weighted by Crippen LogP contribution is 2.63. The smallest absolute Gasteiger partial charge is 0.227 e. The van der Waals surface area contributed by atoms with Crippen molar-refractivity contribution in [1.82, 2.24) is 4.90 Å². The summed E-state index contributed by atoms with van der Waals surface area (Å²) < 4.78 is 0. The minimum Gasteiger partial charge on any atom is -0.392 e. The number of aliphatic hydroxyl groups is 1. The van der Waals surface area contributed by atoms with Crippen molar-refractivity contribution in [2.75, 3.05) is 24.6 Å². The maximum absolute atomic E-state index is 12.9. The number of benzene rings is 1. The summed E-state index contributed by atoms with van der Waals surface area (Å²) in [5.41, 5.74) is 6.85. The summed E-state index contributed by atoms with van der Waals surface area (Å²) in [7, 11) is 0. The Morgan fingerprint density at radius 3 is 3.04 bits per heavy atom. The van der Waals surface area contributed by atoms with E-state index in [9.17, 15) is 9.90 Å². The average molecular weight is 334 g/mol. The quantitative estimate of drug-likeness (QED) is 0.856. The number of carbonyl (C=O) groups excluding carboxylic acids is 1. The average Bonchev–Trinajstić information content (AvgIpc) is 3.17. The lowest BCUT2D eigenvalue weighted by atomic mass is 9.60. The van der Waals surface area contributed by atoms with E-state index in [0.29, 0.717) is 12.5 Å². The number of aliphatic hydroxyl groups excluding tert-OH is 1. The van der Waals surface area contributed by atoms with Gasteiger partial charge in [-0.25, -0.2) is 0 Å². The van der Waals surface area contributed by atoms with Crippen molar-refractivity contribution in [1.29, 1.82) is 0 Å². The lowest BCUT2D eigenvalue weighted by molar-refractivity contribution is -0.119. The van der Waals surface area contributed by atoms with Crippen molar-refractivity contribution in [3.63, 3.8) is 0 Å². The van der Waals surface area contributed by atoms with Crippen LogP contribution in [-0.4, -0.2) is 47.7 Å². The van der Waals surface area contributed by atoms with Crippen LogP contribution < -0.4 is 4.90 Å². The molecule has 4 heteroatoms. The number of rotatable bonds is 1. The summed E-state index contributed by atoms with van der Waals surface area (Å²) in [5, 5.41) is 9.50. The monoisotopic (exact) mass is 334 g/mol. The molecule has 0 unspecified atom stereocenters. The van der Waals surface area contributed by atoms with Crippen LogP contribution in [-0.2, 0) is 10.2 Å². The van der Waals surface area contributed by atoms with Gasteiger partial charge < -0.3 is 10.0 Å². The largest absolute Gasteiger partial charge is 0.392 e.